The average molecular weight is 414 g/mol. The first kappa shape index (κ1) is 19.7. The van der Waals surface area contributed by atoms with E-state index in [0.29, 0.717) is 20.7 Å². The molecule has 1 aromatic heterocycles. The summed E-state index contributed by atoms with van der Waals surface area (Å²) in [6.45, 7) is 1.95. The number of halogens is 1. The second-order valence-electron chi connectivity index (χ2n) is 5.84. The molecule has 2 amide bonds. The minimum Gasteiger partial charge on any atom is -0.296 e. The molecule has 0 radical (unpaired) electrons. The molecular formula is C19H16ClN5O2S. The van der Waals surface area contributed by atoms with Crippen LogP contribution in [0, 0.1) is 6.92 Å². The Balaban J connectivity index is 1.50. The standard InChI is InChI=1S/C19H16ClN5O2S/c1-12-2-6-14(7-3-12)18(27)22-19-25-24-17(28-19)10-16(26)23-21-11-13-4-8-15(20)9-5-13/h2-9,11H,10H2,1H3,(H,23,26)(H,22,25,27)/b21-11-. The van der Waals surface area contributed by atoms with Crippen molar-refractivity contribution < 1.29 is 9.59 Å². The first-order chi connectivity index (χ1) is 13.5. The lowest BCUT2D eigenvalue weighted by molar-refractivity contribution is -0.120. The number of aryl methyl sites for hydroxylation is 1. The van der Waals surface area contributed by atoms with Crippen molar-refractivity contribution in [3.8, 4) is 0 Å². The number of nitrogens with zero attached hydrogens (tertiary/aromatic N) is 3. The number of carbonyl (C=O) groups is 2. The fraction of sp³-hybridized carbons (Fsp3) is 0.105. The van der Waals surface area contributed by atoms with Gasteiger partial charge in [0.2, 0.25) is 11.0 Å². The molecule has 0 spiro atoms. The van der Waals surface area contributed by atoms with E-state index in [1.165, 1.54) is 6.21 Å². The SMILES string of the molecule is Cc1ccc(C(=O)Nc2nnc(CC(=O)N/N=C\c3ccc(Cl)cc3)s2)cc1. The fourth-order valence-corrected chi connectivity index (χ4v) is 3.01. The topological polar surface area (TPSA) is 96.3 Å². The molecule has 0 unspecified atom stereocenters. The average Bonchev–Trinajstić information content (AvgIpc) is 3.10. The van der Waals surface area contributed by atoms with Crippen LogP contribution in [0.3, 0.4) is 0 Å². The molecule has 3 rings (SSSR count). The van der Waals surface area contributed by atoms with Gasteiger partial charge in [0.25, 0.3) is 5.91 Å². The highest BCUT2D eigenvalue weighted by atomic mass is 35.5. The van der Waals surface area contributed by atoms with Gasteiger partial charge < -0.3 is 0 Å². The molecule has 7 nitrogen and oxygen atoms in total. The van der Waals surface area contributed by atoms with Crippen LogP contribution in [-0.2, 0) is 11.2 Å². The summed E-state index contributed by atoms with van der Waals surface area (Å²) in [5.74, 6) is -0.613. The molecule has 9 heteroatoms. The third-order valence-corrected chi connectivity index (χ3v) is 4.68. The predicted octanol–water partition coefficient (Wildman–Crippen LogP) is 3.45. The number of hydrogen-bond donors (Lipinski definition) is 2. The highest BCUT2D eigenvalue weighted by Crippen LogP contribution is 2.17. The first-order valence-corrected chi connectivity index (χ1v) is 9.47. The van der Waals surface area contributed by atoms with Gasteiger partial charge in [0, 0.05) is 10.6 Å². The van der Waals surface area contributed by atoms with Gasteiger partial charge in [0.05, 0.1) is 12.6 Å². The molecule has 0 saturated heterocycles. The van der Waals surface area contributed by atoms with E-state index in [2.05, 4.69) is 26.0 Å². The lowest BCUT2D eigenvalue weighted by atomic mass is 10.1. The monoisotopic (exact) mass is 413 g/mol. The molecule has 2 aromatic carbocycles. The van der Waals surface area contributed by atoms with Gasteiger partial charge in [0.1, 0.15) is 5.01 Å². The second-order valence-corrected chi connectivity index (χ2v) is 7.34. The van der Waals surface area contributed by atoms with E-state index in [-0.39, 0.29) is 18.2 Å². The van der Waals surface area contributed by atoms with Crippen LogP contribution in [0.15, 0.2) is 53.6 Å². The fourth-order valence-electron chi connectivity index (χ4n) is 2.15. The summed E-state index contributed by atoms with van der Waals surface area (Å²) in [6.07, 6.45) is 1.53. The molecule has 0 aliphatic heterocycles. The Hall–Kier alpha value is -3.10. The zero-order valence-electron chi connectivity index (χ0n) is 14.8. The van der Waals surface area contributed by atoms with E-state index in [0.717, 1.165) is 22.5 Å². The highest BCUT2D eigenvalue weighted by Gasteiger charge is 2.12. The summed E-state index contributed by atoms with van der Waals surface area (Å²) in [7, 11) is 0. The van der Waals surface area contributed by atoms with E-state index in [1.807, 2.05) is 19.1 Å². The molecule has 28 heavy (non-hydrogen) atoms. The predicted molar refractivity (Wildman–Crippen MR) is 110 cm³/mol. The van der Waals surface area contributed by atoms with E-state index < -0.39 is 0 Å². The van der Waals surface area contributed by atoms with Crippen molar-refractivity contribution in [2.75, 3.05) is 5.32 Å². The lowest BCUT2D eigenvalue weighted by Crippen LogP contribution is -2.19. The Bertz CT molecular complexity index is 1000. The summed E-state index contributed by atoms with van der Waals surface area (Å²) in [6, 6.07) is 14.2. The van der Waals surface area contributed by atoms with E-state index in [1.54, 1.807) is 36.4 Å². The smallest absolute Gasteiger partial charge is 0.257 e. The normalized spacial score (nSPS) is 10.8. The minimum absolute atomic E-state index is 0.00995. The van der Waals surface area contributed by atoms with E-state index >= 15 is 0 Å². The summed E-state index contributed by atoms with van der Waals surface area (Å²) in [4.78, 5) is 24.1. The van der Waals surface area contributed by atoms with Crippen molar-refractivity contribution in [2.45, 2.75) is 13.3 Å². The number of nitrogens with one attached hydrogen (secondary N) is 2. The van der Waals surface area contributed by atoms with Crippen molar-refractivity contribution in [3.05, 3.63) is 75.3 Å². The quantitative estimate of drug-likeness (QED) is 0.477. The van der Waals surface area contributed by atoms with Crippen LogP contribution in [0.25, 0.3) is 0 Å². The highest BCUT2D eigenvalue weighted by molar-refractivity contribution is 7.15. The molecular weight excluding hydrogens is 398 g/mol. The number of benzene rings is 2. The number of hydrogen-bond acceptors (Lipinski definition) is 6. The molecule has 0 saturated carbocycles. The number of hydrazone groups is 1. The van der Waals surface area contributed by atoms with Gasteiger partial charge in [-0.15, -0.1) is 10.2 Å². The third-order valence-electron chi connectivity index (χ3n) is 3.59. The van der Waals surface area contributed by atoms with Gasteiger partial charge in [0.15, 0.2) is 0 Å². The molecule has 0 bridgehead atoms. The molecule has 3 aromatic rings. The third kappa shape index (κ3) is 5.70. The Morgan fingerprint density at radius 1 is 1.11 bits per heavy atom. The van der Waals surface area contributed by atoms with Crippen molar-refractivity contribution in [2.24, 2.45) is 5.10 Å². The van der Waals surface area contributed by atoms with Crippen LogP contribution in [0.1, 0.15) is 26.5 Å². The molecule has 0 atom stereocenters. The maximum Gasteiger partial charge on any atom is 0.257 e. The number of amides is 2. The van der Waals surface area contributed by atoms with Crippen LogP contribution in [0.4, 0.5) is 5.13 Å². The van der Waals surface area contributed by atoms with Crippen LogP contribution in [0.5, 0.6) is 0 Å². The Morgan fingerprint density at radius 2 is 1.82 bits per heavy atom. The summed E-state index contributed by atoms with van der Waals surface area (Å²) in [5, 5.41) is 15.8. The van der Waals surface area contributed by atoms with Crippen molar-refractivity contribution in [1.82, 2.24) is 15.6 Å². The number of rotatable bonds is 6. The maximum atomic E-state index is 12.2. The molecule has 0 aliphatic carbocycles. The van der Waals surface area contributed by atoms with Crippen LogP contribution >= 0.6 is 22.9 Å². The summed E-state index contributed by atoms with van der Waals surface area (Å²) < 4.78 is 0. The van der Waals surface area contributed by atoms with Gasteiger partial charge in [-0.05, 0) is 36.8 Å². The van der Waals surface area contributed by atoms with Gasteiger partial charge in [-0.25, -0.2) is 5.43 Å². The van der Waals surface area contributed by atoms with E-state index in [9.17, 15) is 9.59 Å². The molecule has 0 aliphatic rings. The molecule has 2 N–H and O–H groups in total. The minimum atomic E-state index is -0.335. The second kappa shape index (κ2) is 9.20. The van der Waals surface area contributed by atoms with Gasteiger partial charge in [-0.2, -0.15) is 5.10 Å². The first-order valence-electron chi connectivity index (χ1n) is 8.27. The van der Waals surface area contributed by atoms with Gasteiger partial charge in [-0.1, -0.05) is 52.8 Å². The largest absolute Gasteiger partial charge is 0.296 e. The molecule has 142 valence electrons. The van der Waals surface area contributed by atoms with Crippen molar-refractivity contribution >= 4 is 46.1 Å². The zero-order chi connectivity index (χ0) is 19.9. The van der Waals surface area contributed by atoms with Crippen molar-refractivity contribution in [1.29, 1.82) is 0 Å². The Labute approximate surface area is 170 Å². The van der Waals surface area contributed by atoms with Crippen LogP contribution < -0.4 is 10.7 Å². The maximum absolute atomic E-state index is 12.2. The zero-order valence-corrected chi connectivity index (χ0v) is 16.4. The Kier molecular flexibility index (Phi) is 6.46. The van der Waals surface area contributed by atoms with Crippen molar-refractivity contribution in [3.63, 3.8) is 0 Å². The number of carbonyl (C=O) groups excluding carboxylic acids is 2. The van der Waals surface area contributed by atoms with Crippen LogP contribution in [-0.4, -0.2) is 28.2 Å². The van der Waals surface area contributed by atoms with E-state index in [4.69, 9.17) is 11.6 Å². The molecule has 0 fully saturated rings. The lowest BCUT2D eigenvalue weighted by Gasteiger charge is -2.01. The van der Waals surface area contributed by atoms with Crippen LogP contribution in [0.2, 0.25) is 5.02 Å². The number of anilines is 1. The van der Waals surface area contributed by atoms with Gasteiger partial charge in [-0.3, -0.25) is 14.9 Å². The molecule has 1 heterocycles. The number of aromatic nitrogens is 2. The summed E-state index contributed by atoms with van der Waals surface area (Å²) in [5.41, 5.74) is 4.83. The Morgan fingerprint density at radius 3 is 2.54 bits per heavy atom. The summed E-state index contributed by atoms with van der Waals surface area (Å²) >= 11 is 6.95. The van der Waals surface area contributed by atoms with Gasteiger partial charge >= 0.3 is 0 Å².